The van der Waals surface area contributed by atoms with E-state index in [9.17, 15) is 5.26 Å². The van der Waals surface area contributed by atoms with Crippen LogP contribution in [0.4, 0.5) is 0 Å². The molecule has 0 saturated heterocycles. The van der Waals surface area contributed by atoms with Crippen molar-refractivity contribution in [3.63, 3.8) is 0 Å². The van der Waals surface area contributed by atoms with Gasteiger partial charge in [0, 0.05) is 4.90 Å². The van der Waals surface area contributed by atoms with Crippen molar-refractivity contribution in [2.45, 2.75) is 96.3 Å². The maximum Gasteiger partial charge on any atom is 0.0680 e. The summed E-state index contributed by atoms with van der Waals surface area (Å²) in [7, 11) is 0. The van der Waals surface area contributed by atoms with E-state index in [1.54, 1.807) is 0 Å². The Bertz CT molecular complexity index is 443. The van der Waals surface area contributed by atoms with Crippen LogP contribution in [0.2, 0.25) is 0 Å². The van der Waals surface area contributed by atoms with Crippen LogP contribution in [-0.4, -0.2) is 0 Å². The summed E-state index contributed by atoms with van der Waals surface area (Å²) < 4.78 is 4.64. The van der Waals surface area contributed by atoms with Crippen LogP contribution in [0.5, 0.6) is 0 Å². The van der Waals surface area contributed by atoms with E-state index in [1.807, 2.05) is 0 Å². The fourth-order valence-electron chi connectivity index (χ4n) is 2.99. The largest absolute Gasteiger partial charge is 0.691 e. The summed E-state index contributed by atoms with van der Waals surface area (Å²) in [4.78, 5) is 1.03. The van der Waals surface area contributed by atoms with Crippen molar-refractivity contribution in [1.29, 1.82) is 0 Å². The molecule has 0 radical (unpaired) electrons. The minimum absolute atomic E-state index is 0.379. The summed E-state index contributed by atoms with van der Waals surface area (Å²) >= 11 is 1.04. The molecule has 0 saturated carbocycles. The first-order valence-corrected chi connectivity index (χ1v) is 10.0. The Balaban J connectivity index is 2.85. The molecule has 1 aromatic rings. The van der Waals surface area contributed by atoms with Crippen molar-refractivity contribution in [3.05, 3.63) is 28.8 Å². The van der Waals surface area contributed by atoms with Crippen LogP contribution in [0.3, 0.4) is 0 Å². The topological polar surface area (TPSA) is 41.5 Å². The molecule has 0 aliphatic carbocycles. The van der Waals surface area contributed by atoms with E-state index in [2.05, 4.69) is 56.1 Å². The fraction of sp³-hybridized carbons (Fsp3) is 0.700. The molecule has 0 aliphatic rings. The average molecular weight is 354 g/mol. The third-order valence-corrected chi connectivity index (χ3v) is 5.18. The maximum atomic E-state index is 10.2. The van der Waals surface area contributed by atoms with Gasteiger partial charge in [-0.05, 0) is 41.4 Å². The Morgan fingerprint density at radius 3 is 1.96 bits per heavy atom. The van der Waals surface area contributed by atoms with E-state index in [-0.39, 0.29) is 0 Å². The lowest BCUT2D eigenvalue weighted by Crippen LogP contribution is -2.05. The van der Waals surface area contributed by atoms with Gasteiger partial charge in [-0.15, -0.1) is 0 Å². The van der Waals surface area contributed by atoms with Gasteiger partial charge in [-0.1, -0.05) is 78.9 Å². The van der Waals surface area contributed by atoms with Crippen LogP contribution < -0.4 is 5.26 Å². The first-order valence-electron chi connectivity index (χ1n) is 9.31. The molecule has 1 rings (SSSR count). The minimum Gasteiger partial charge on any atom is -0.691 e. The second-order valence-electron chi connectivity index (χ2n) is 7.15. The van der Waals surface area contributed by atoms with Crippen molar-refractivity contribution >= 4 is 12.0 Å². The SMILES string of the molecule is CCCCCCCCc1cc(C(C)C)c(SOO[O-])c(C(C)C)c1. The summed E-state index contributed by atoms with van der Waals surface area (Å²) in [5, 5.41) is 13.8. The van der Waals surface area contributed by atoms with Crippen LogP contribution in [-0.2, 0) is 15.8 Å². The Labute approximate surface area is 152 Å². The van der Waals surface area contributed by atoms with Crippen molar-refractivity contribution in [3.8, 4) is 0 Å². The van der Waals surface area contributed by atoms with E-state index in [4.69, 9.17) is 0 Å². The van der Waals surface area contributed by atoms with Crippen molar-refractivity contribution in [2.75, 3.05) is 0 Å². The van der Waals surface area contributed by atoms with Crippen LogP contribution in [0.15, 0.2) is 17.0 Å². The standard InChI is InChI=1S/C20H34O3S/c1-6-7-8-9-10-11-12-17-13-18(15(2)3)20(24-23-22-21)19(14-17)16(4)5/h13-16,21H,6-12H2,1-5H3/p-1. The third kappa shape index (κ3) is 7.14. The predicted octanol–water partition coefficient (Wildman–Crippen LogP) is 6.07. The fourth-order valence-corrected chi connectivity index (χ4v) is 3.87. The average Bonchev–Trinajstić information content (AvgIpc) is 2.55. The van der Waals surface area contributed by atoms with Crippen LogP contribution >= 0.6 is 12.0 Å². The van der Waals surface area contributed by atoms with Crippen molar-refractivity contribution in [2.24, 2.45) is 0 Å². The lowest BCUT2D eigenvalue weighted by Gasteiger charge is -2.20. The first-order chi connectivity index (χ1) is 11.5. The quantitative estimate of drug-likeness (QED) is 0.198. The molecule has 0 fully saturated rings. The molecule has 3 nitrogen and oxygen atoms in total. The number of benzene rings is 1. The summed E-state index contributed by atoms with van der Waals surface area (Å²) in [6.07, 6.45) is 9.00. The lowest BCUT2D eigenvalue weighted by atomic mass is 9.91. The molecule has 0 aromatic heterocycles. The highest BCUT2D eigenvalue weighted by Crippen LogP contribution is 2.37. The van der Waals surface area contributed by atoms with E-state index in [1.165, 1.54) is 55.2 Å². The molecule has 138 valence electrons. The van der Waals surface area contributed by atoms with Gasteiger partial charge in [0.05, 0.1) is 12.0 Å². The molecule has 0 aliphatic heterocycles. The Morgan fingerprint density at radius 2 is 1.46 bits per heavy atom. The Morgan fingerprint density at radius 1 is 0.917 bits per heavy atom. The summed E-state index contributed by atoms with van der Waals surface area (Å²) in [6.45, 7) is 11.0. The second kappa shape index (κ2) is 11.9. The zero-order valence-electron chi connectivity index (χ0n) is 15.9. The van der Waals surface area contributed by atoms with Gasteiger partial charge in [-0.3, -0.25) is 5.04 Å². The van der Waals surface area contributed by atoms with E-state index < -0.39 is 0 Å². The zero-order valence-corrected chi connectivity index (χ0v) is 16.7. The second-order valence-corrected chi connectivity index (χ2v) is 7.86. The van der Waals surface area contributed by atoms with Crippen molar-refractivity contribution < 1.29 is 14.6 Å². The van der Waals surface area contributed by atoms with E-state index >= 15 is 0 Å². The molecule has 24 heavy (non-hydrogen) atoms. The minimum atomic E-state index is 0.379. The molecule has 0 atom stereocenters. The van der Waals surface area contributed by atoms with Gasteiger partial charge in [-0.25, -0.2) is 0 Å². The summed E-state index contributed by atoms with van der Waals surface area (Å²) in [5.41, 5.74) is 3.87. The Kier molecular flexibility index (Phi) is 10.7. The number of unbranched alkanes of at least 4 members (excludes halogenated alkanes) is 5. The van der Waals surface area contributed by atoms with Crippen LogP contribution in [0, 0.1) is 0 Å². The molecule has 0 bridgehead atoms. The molecule has 0 amide bonds. The highest BCUT2D eigenvalue weighted by molar-refractivity contribution is 7.94. The molecule has 0 heterocycles. The van der Waals surface area contributed by atoms with Gasteiger partial charge in [0.2, 0.25) is 0 Å². The van der Waals surface area contributed by atoms with Gasteiger partial charge < -0.3 is 5.26 Å². The number of hydrogen-bond acceptors (Lipinski definition) is 4. The van der Waals surface area contributed by atoms with Gasteiger partial charge in [0.25, 0.3) is 0 Å². The monoisotopic (exact) mass is 353 g/mol. The molecule has 1 aromatic carbocycles. The van der Waals surface area contributed by atoms with Gasteiger partial charge >= 0.3 is 0 Å². The summed E-state index contributed by atoms with van der Waals surface area (Å²) in [5.74, 6) is 0.759. The number of hydrogen-bond donors (Lipinski definition) is 0. The third-order valence-electron chi connectivity index (χ3n) is 4.41. The van der Waals surface area contributed by atoms with E-state index in [0.717, 1.165) is 23.4 Å². The zero-order chi connectivity index (χ0) is 17.9. The highest BCUT2D eigenvalue weighted by Gasteiger charge is 2.17. The predicted molar refractivity (Wildman–Crippen MR) is 99.7 cm³/mol. The lowest BCUT2D eigenvalue weighted by molar-refractivity contribution is -0.777. The van der Waals surface area contributed by atoms with Gasteiger partial charge in [0.15, 0.2) is 0 Å². The normalized spacial score (nSPS) is 11.7. The van der Waals surface area contributed by atoms with Crippen LogP contribution in [0.25, 0.3) is 0 Å². The van der Waals surface area contributed by atoms with Crippen molar-refractivity contribution in [1.82, 2.24) is 0 Å². The van der Waals surface area contributed by atoms with Gasteiger partial charge in [-0.2, -0.15) is 4.33 Å². The smallest absolute Gasteiger partial charge is 0.0680 e. The maximum absolute atomic E-state index is 10.2. The molecule has 0 spiro atoms. The van der Waals surface area contributed by atoms with Crippen LogP contribution in [0.1, 0.15) is 102 Å². The van der Waals surface area contributed by atoms with E-state index in [0.29, 0.717) is 11.8 Å². The number of rotatable bonds is 12. The van der Waals surface area contributed by atoms with Gasteiger partial charge in [0.1, 0.15) is 0 Å². The molecular formula is C20H33O3S-. The highest BCUT2D eigenvalue weighted by atomic mass is 32.2. The Hall–Kier alpha value is -0.550. The number of aryl methyl sites for hydroxylation is 1. The molecular weight excluding hydrogens is 320 g/mol. The molecule has 0 unspecified atom stereocenters. The summed E-state index contributed by atoms with van der Waals surface area (Å²) in [6, 6.07) is 4.55. The molecule has 4 heteroatoms. The molecule has 0 N–H and O–H groups in total. The first kappa shape index (κ1) is 21.5.